The lowest BCUT2D eigenvalue weighted by molar-refractivity contribution is -0.757. The summed E-state index contributed by atoms with van der Waals surface area (Å²) in [5.41, 5.74) is 1.17. The van der Waals surface area contributed by atoms with Crippen molar-refractivity contribution < 1.29 is 86.4 Å². The molecule has 0 heterocycles. The Kier molecular flexibility index (Phi) is 29.2. The second-order valence-corrected chi connectivity index (χ2v) is 20.8. The largest absolute Gasteiger partial charge is 0.493 e. The third-order valence-corrected chi connectivity index (χ3v) is 15.2. The number of amides is 2. The van der Waals surface area contributed by atoms with Crippen molar-refractivity contribution in [2.45, 2.75) is 115 Å². The zero-order chi connectivity index (χ0) is 66.6. The molecule has 0 spiro atoms. The first-order chi connectivity index (χ1) is 43.1. The average Bonchev–Trinajstić information content (AvgIpc) is 0.912. The molecule has 90 heavy (non-hydrogen) atoms. The fourth-order valence-electron chi connectivity index (χ4n) is 10.1. The fourth-order valence-corrected chi connectivity index (χ4v) is 10.1. The molecule has 0 aromatic heterocycles. The van der Waals surface area contributed by atoms with Gasteiger partial charge in [0, 0.05) is 25.2 Å². The summed E-state index contributed by atoms with van der Waals surface area (Å²) < 4.78 is 55.6. The predicted molar refractivity (Wildman–Crippen MR) is 323 cm³/mol. The van der Waals surface area contributed by atoms with Crippen LogP contribution in [0.25, 0.3) is 0 Å². The summed E-state index contributed by atoms with van der Waals surface area (Å²) >= 11 is 0. The molecule has 28 heteroatoms. The van der Waals surface area contributed by atoms with Gasteiger partial charge in [-0.3, -0.25) is 19.4 Å². The number of esters is 2. The average molecular weight is 1260 g/mol. The highest BCUT2D eigenvalue weighted by atomic mass is 17.0. The molecule has 28 nitrogen and oxygen atoms in total. The van der Waals surface area contributed by atoms with Crippen molar-refractivity contribution in [2.24, 2.45) is 0 Å². The van der Waals surface area contributed by atoms with Gasteiger partial charge in [-0.15, -0.1) is 20.2 Å². The Morgan fingerprint density at radius 1 is 0.522 bits per heavy atom. The van der Waals surface area contributed by atoms with E-state index in [9.17, 15) is 49.9 Å². The molecule has 0 saturated carbocycles. The number of carbonyl (C=O) groups excluding carboxylic acids is 4. The van der Waals surface area contributed by atoms with Gasteiger partial charge >= 0.3 is 36.3 Å². The highest BCUT2D eigenvalue weighted by molar-refractivity contribution is 6.30. The smallest absolute Gasteiger partial charge is 0.421 e. The van der Waals surface area contributed by atoms with Crippen LogP contribution in [0.1, 0.15) is 113 Å². The van der Waals surface area contributed by atoms with Crippen molar-refractivity contribution in [1.82, 2.24) is 20.4 Å². The Morgan fingerprint density at radius 3 is 1.17 bits per heavy atom. The number of methoxy groups -OCH3 is 6. The minimum Gasteiger partial charge on any atom is -0.493 e. The molecule has 490 valence electrons. The maximum absolute atomic E-state index is 13.8. The first-order valence-corrected chi connectivity index (χ1v) is 29.0. The Morgan fingerprint density at radius 2 is 0.856 bits per heavy atom. The molecule has 0 aliphatic rings. The first-order valence-electron chi connectivity index (χ1n) is 29.0. The molecule has 2 N–H and O–H groups in total. The van der Waals surface area contributed by atoms with E-state index in [2.05, 4.69) is 32.4 Å². The second kappa shape index (κ2) is 36.1. The van der Waals surface area contributed by atoms with Crippen molar-refractivity contribution in [3.8, 4) is 58.1 Å². The van der Waals surface area contributed by atoms with Crippen LogP contribution in [-0.4, -0.2) is 152 Å². The van der Waals surface area contributed by atoms with Crippen LogP contribution < -0.4 is 48.5 Å². The normalized spacial score (nSPS) is 13.6. The quantitative estimate of drug-likeness (QED) is 0.0108. The summed E-state index contributed by atoms with van der Waals surface area (Å²) in [4.78, 5) is 89.6. The number of nitriles is 2. The molecular weight excluding hydrogens is 1180 g/mol. The van der Waals surface area contributed by atoms with Crippen molar-refractivity contribution in [3.63, 3.8) is 0 Å². The molecule has 4 aromatic rings. The van der Waals surface area contributed by atoms with Crippen LogP contribution in [0.4, 0.5) is 0 Å². The van der Waals surface area contributed by atoms with E-state index in [0.717, 1.165) is 24.0 Å². The molecule has 6 atom stereocenters. The van der Waals surface area contributed by atoms with Crippen molar-refractivity contribution >= 4 is 23.8 Å². The summed E-state index contributed by atoms with van der Waals surface area (Å²) in [6, 6.07) is 24.9. The molecule has 0 aliphatic heterocycles. The molecule has 0 aliphatic carbocycles. The van der Waals surface area contributed by atoms with E-state index in [1.165, 1.54) is 66.9 Å². The van der Waals surface area contributed by atoms with E-state index < -0.39 is 83.6 Å². The molecule has 6 unspecified atom stereocenters. The maximum Gasteiger partial charge on any atom is 0.421 e. The Bertz CT molecular complexity index is 2930. The number of hydrogen-bond acceptors (Lipinski definition) is 24. The van der Waals surface area contributed by atoms with E-state index in [1.54, 1.807) is 24.3 Å². The Hall–Kier alpha value is -9.54. The van der Waals surface area contributed by atoms with Gasteiger partial charge in [0.15, 0.2) is 46.0 Å². The van der Waals surface area contributed by atoms with Gasteiger partial charge in [-0.1, -0.05) is 51.0 Å². The van der Waals surface area contributed by atoms with E-state index in [0.29, 0.717) is 85.7 Å². The molecule has 0 fully saturated rings. The third-order valence-electron chi connectivity index (χ3n) is 15.2. The van der Waals surface area contributed by atoms with Gasteiger partial charge in [-0.25, -0.2) is 9.59 Å². The molecule has 0 saturated heterocycles. The maximum atomic E-state index is 13.8. The van der Waals surface area contributed by atoms with Crippen LogP contribution in [0.3, 0.4) is 0 Å². The van der Waals surface area contributed by atoms with Crippen LogP contribution in [-0.2, 0) is 49.2 Å². The van der Waals surface area contributed by atoms with E-state index in [-0.39, 0.29) is 35.1 Å². The van der Waals surface area contributed by atoms with E-state index >= 15 is 0 Å². The lowest BCUT2D eigenvalue weighted by Crippen LogP contribution is -2.46. The topological polar surface area (TPSA) is 343 Å². The van der Waals surface area contributed by atoms with Gasteiger partial charge in [0.05, 0.1) is 65.6 Å². The van der Waals surface area contributed by atoms with Crippen LogP contribution >= 0.6 is 0 Å². The first kappa shape index (κ1) is 72.9. The summed E-state index contributed by atoms with van der Waals surface area (Å²) in [6.07, 6.45) is 0.164. The number of hydrogen-bond donors (Lipinski definition) is 2. The predicted octanol–water partition coefficient (Wildman–Crippen LogP) is 7.65. The van der Waals surface area contributed by atoms with Crippen molar-refractivity contribution in [2.75, 3.05) is 96.1 Å². The van der Waals surface area contributed by atoms with E-state index in [4.69, 9.17) is 47.4 Å². The fraction of sp³-hybridized carbons (Fsp3) is 0.516. The molecule has 4 aromatic carbocycles. The highest BCUT2D eigenvalue weighted by Gasteiger charge is 2.37. The molecule has 4 rings (SSSR count). The van der Waals surface area contributed by atoms with E-state index in [1.807, 2.05) is 75.9 Å². The van der Waals surface area contributed by atoms with Gasteiger partial charge in [-0.05, 0) is 150 Å². The van der Waals surface area contributed by atoms with Gasteiger partial charge in [0.2, 0.25) is 0 Å². The number of carbonyl (C=O) groups is 4. The van der Waals surface area contributed by atoms with Gasteiger partial charge in [0.1, 0.15) is 13.2 Å². The van der Waals surface area contributed by atoms with Crippen LogP contribution in [0.5, 0.6) is 46.0 Å². The number of rotatable bonds is 40. The summed E-state index contributed by atoms with van der Waals surface area (Å²) in [6.45, 7) is 6.54. The third kappa shape index (κ3) is 20.3. The Balaban J connectivity index is 1.60. The van der Waals surface area contributed by atoms with Crippen molar-refractivity contribution in [1.29, 1.82) is 10.5 Å². The van der Waals surface area contributed by atoms with Crippen LogP contribution in [0.2, 0.25) is 0 Å². The zero-order valence-electron chi connectivity index (χ0n) is 53.0. The standard InChI is InChI=1S/C62H82N8O20/c1-13-25-61(39-63,45-19-23-47(79-7)51(37-45)83-11)27-15-31-67(5)41(3)43-17-21-49(81-9)53(35-43)87-59(55(71)65-29-33-85-69(75)76)89-57(73)58(74)90-60(56(72)66-30-34-86-70(77)78)88-54-36-44(18-22-50(54)82-10)42(4)68(6)32-16-28-62(40-64,26-14-2)46-20-24-48(80-8)52(38-46)84-12/h17-24,35-38,41-42,59-60H,13-16,25-34H2,1-12H3,(H,65,71)(H,66,72). The summed E-state index contributed by atoms with van der Waals surface area (Å²) in [5, 5.41) is 45.4. The van der Waals surface area contributed by atoms with Gasteiger partial charge in [0.25, 0.3) is 10.2 Å². The molecule has 0 bridgehead atoms. The number of ether oxygens (including phenoxy) is 10. The highest BCUT2D eigenvalue weighted by Crippen LogP contribution is 2.42. The number of benzene rings is 4. The van der Waals surface area contributed by atoms with Crippen LogP contribution in [0.15, 0.2) is 72.8 Å². The number of nitrogens with zero attached hydrogens (tertiary/aromatic N) is 6. The lowest BCUT2D eigenvalue weighted by atomic mass is 9.74. The SMILES string of the molecule is CCCC(C#N)(CCCN(C)C(C)c1ccc(OC)c(OC(OC(=O)C(=O)OC(Oc2cc(C(C)N(C)CCCC(C#N)(CCC)c3ccc(OC)c(OC)c3)ccc2OC)C(=O)NCCO[N+](=O)[O-])C(=O)NCCO[N+](=O)[O-])c1)c1ccc(OC)c(OC)c1. The van der Waals surface area contributed by atoms with Crippen molar-refractivity contribution in [3.05, 3.63) is 115 Å². The van der Waals surface area contributed by atoms with Gasteiger partial charge in [-0.2, -0.15) is 10.5 Å². The molecular formula is C62H82N8O20. The van der Waals surface area contributed by atoms with Gasteiger partial charge < -0.3 is 67.7 Å². The number of nitrogens with one attached hydrogen (secondary N) is 2. The minimum atomic E-state index is -2.34. The second-order valence-electron chi connectivity index (χ2n) is 20.8. The van der Waals surface area contributed by atoms with Crippen LogP contribution in [0, 0.1) is 42.9 Å². The molecule has 2 amide bonds. The zero-order valence-corrected chi connectivity index (χ0v) is 53.0. The molecule has 0 radical (unpaired) electrons. The minimum absolute atomic E-state index is 0.0389. The monoisotopic (exact) mass is 1260 g/mol. The summed E-state index contributed by atoms with van der Waals surface area (Å²) in [5.74, 6) is -4.42. The summed E-state index contributed by atoms with van der Waals surface area (Å²) in [7, 11) is 12.5. The lowest BCUT2D eigenvalue weighted by Gasteiger charge is -2.30. The Labute approximate surface area is 523 Å².